The van der Waals surface area contributed by atoms with Gasteiger partial charge in [0.25, 0.3) is 0 Å². The molecule has 0 aliphatic rings. The van der Waals surface area contributed by atoms with Crippen molar-refractivity contribution in [2.75, 3.05) is 6.26 Å². The number of hydrogen-bond donors (Lipinski definition) is 0. The number of aromatic nitrogens is 1. The fraction of sp³-hybridized carbons (Fsp3) is 0.286. The van der Waals surface area contributed by atoms with Crippen LogP contribution in [0.4, 0.5) is 18.9 Å². The molecule has 1 aromatic rings. The second-order valence-corrected chi connectivity index (χ2v) is 3.27. The molecule has 4 nitrogen and oxygen atoms in total. The van der Waals surface area contributed by atoms with Gasteiger partial charge >= 0.3 is 11.9 Å². The van der Waals surface area contributed by atoms with E-state index in [1.165, 1.54) is 6.26 Å². The lowest BCUT2D eigenvalue weighted by molar-refractivity contribution is -0.388. The average Bonchev–Trinajstić information content (AvgIpc) is 2.15. The minimum Gasteiger partial charge on any atom is -0.258 e. The molecule has 8 heteroatoms. The van der Waals surface area contributed by atoms with Crippen molar-refractivity contribution in [2.24, 2.45) is 0 Å². The average molecular weight is 238 g/mol. The molecule has 0 aliphatic heterocycles. The van der Waals surface area contributed by atoms with E-state index < -0.39 is 22.5 Å². The highest BCUT2D eigenvalue weighted by Gasteiger charge is 2.34. The Bertz CT molecular complexity index is 394. The summed E-state index contributed by atoms with van der Waals surface area (Å²) < 4.78 is 36.6. The number of rotatable bonds is 2. The lowest BCUT2D eigenvalue weighted by atomic mass is 10.3. The largest absolute Gasteiger partial charge is 0.433 e. The van der Waals surface area contributed by atoms with E-state index in [0.29, 0.717) is 6.07 Å². The molecule has 1 heterocycles. The van der Waals surface area contributed by atoms with Crippen molar-refractivity contribution in [3.8, 4) is 0 Å². The molecule has 0 amide bonds. The first-order chi connectivity index (χ1) is 6.86. The van der Waals surface area contributed by atoms with E-state index in [0.717, 1.165) is 17.8 Å². The van der Waals surface area contributed by atoms with Crippen LogP contribution in [0, 0.1) is 10.1 Å². The van der Waals surface area contributed by atoms with Crippen LogP contribution in [-0.2, 0) is 6.18 Å². The molecule has 0 fully saturated rings. The van der Waals surface area contributed by atoms with Crippen molar-refractivity contribution in [3.05, 3.63) is 27.9 Å². The first kappa shape index (κ1) is 11.8. The smallest absolute Gasteiger partial charge is 0.258 e. The van der Waals surface area contributed by atoms with Crippen LogP contribution in [0.15, 0.2) is 17.2 Å². The molecule has 0 N–H and O–H groups in total. The monoisotopic (exact) mass is 238 g/mol. The van der Waals surface area contributed by atoms with Crippen molar-refractivity contribution in [3.63, 3.8) is 0 Å². The summed E-state index contributed by atoms with van der Waals surface area (Å²) in [5.74, 6) is 0. The molecule has 1 aromatic heterocycles. The summed E-state index contributed by atoms with van der Waals surface area (Å²) in [4.78, 5) is 12.8. The van der Waals surface area contributed by atoms with Crippen LogP contribution >= 0.6 is 11.8 Å². The van der Waals surface area contributed by atoms with Gasteiger partial charge in [-0.2, -0.15) is 13.2 Å². The summed E-state index contributed by atoms with van der Waals surface area (Å²) >= 11 is 0.801. The van der Waals surface area contributed by atoms with Crippen LogP contribution in [-0.4, -0.2) is 16.2 Å². The Morgan fingerprint density at radius 1 is 1.47 bits per heavy atom. The van der Waals surface area contributed by atoms with Gasteiger partial charge in [-0.25, -0.2) is 4.98 Å². The molecule has 0 saturated heterocycles. The molecule has 82 valence electrons. The van der Waals surface area contributed by atoms with E-state index in [1.54, 1.807) is 0 Å². The van der Waals surface area contributed by atoms with Crippen molar-refractivity contribution in [1.29, 1.82) is 0 Å². The minimum atomic E-state index is -4.58. The van der Waals surface area contributed by atoms with E-state index >= 15 is 0 Å². The molecule has 1 rings (SSSR count). The SMILES string of the molecule is CSc1nc(C(F)(F)F)ccc1[N+](=O)[O-]. The molecule has 0 radical (unpaired) electrons. The van der Waals surface area contributed by atoms with Crippen molar-refractivity contribution >= 4 is 17.4 Å². The molecule has 0 spiro atoms. The number of hydrogen-bond acceptors (Lipinski definition) is 4. The molecule has 0 unspecified atom stereocenters. The van der Waals surface area contributed by atoms with Gasteiger partial charge in [0.05, 0.1) is 4.92 Å². The zero-order valence-corrected chi connectivity index (χ0v) is 8.22. The van der Waals surface area contributed by atoms with Crippen LogP contribution in [0.5, 0.6) is 0 Å². The maximum Gasteiger partial charge on any atom is 0.433 e. The third-order valence-electron chi connectivity index (χ3n) is 1.52. The first-order valence-electron chi connectivity index (χ1n) is 3.63. The van der Waals surface area contributed by atoms with Gasteiger partial charge in [0.15, 0.2) is 5.03 Å². The van der Waals surface area contributed by atoms with Crippen LogP contribution in [0.1, 0.15) is 5.69 Å². The van der Waals surface area contributed by atoms with E-state index in [4.69, 9.17) is 0 Å². The second kappa shape index (κ2) is 4.05. The third kappa shape index (κ3) is 2.58. The predicted octanol–water partition coefficient (Wildman–Crippen LogP) is 2.73. The lowest BCUT2D eigenvalue weighted by Crippen LogP contribution is -2.09. The highest BCUT2D eigenvalue weighted by Crippen LogP contribution is 2.32. The van der Waals surface area contributed by atoms with Gasteiger partial charge < -0.3 is 0 Å². The van der Waals surface area contributed by atoms with Gasteiger partial charge in [0.2, 0.25) is 0 Å². The summed E-state index contributed by atoms with van der Waals surface area (Å²) in [5, 5.41) is 10.2. The van der Waals surface area contributed by atoms with Gasteiger partial charge in [-0.1, -0.05) is 0 Å². The fourth-order valence-corrected chi connectivity index (χ4v) is 1.42. The van der Waals surface area contributed by atoms with Gasteiger partial charge in [-0.15, -0.1) is 11.8 Å². The quantitative estimate of drug-likeness (QED) is 0.451. The lowest BCUT2D eigenvalue weighted by Gasteiger charge is -2.06. The highest BCUT2D eigenvalue weighted by atomic mass is 32.2. The molecule has 0 aliphatic carbocycles. The highest BCUT2D eigenvalue weighted by molar-refractivity contribution is 7.98. The van der Waals surface area contributed by atoms with Gasteiger partial charge in [-0.3, -0.25) is 10.1 Å². The summed E-state index contributed by atoms with van der Waals surface area (Å²) in [6, 6.07) is 1.40. The molecule has 15 heavy (non-hydrogen) atoms. The third-order valence-corrected chi connectivity index (χ3v) is 2.21. The maximum absolute atomic E-state index is 12.2. The standard InChI is InChI=1S/C7H5F3N2O2S/c1-15-6-4(12(13)14)2-3-5(11-6)7(8,9)10/h2-3H,1H3. The topological polar surface area (TPSA) is 56.0 Å². The first-order valence-corrected chi connectivity index (χ1v) is 4.85. The molecule has 0 aromatic carbocycles. The Hall–Kier alpha value is -1.31. The van der Waals surface area contributed by atoms with Crippen molar-refractivity contribution in [1.82, 2.24) is 4.98 Å². The normalized spacial score (nSPS) is 11.5. The summed E-state index contributed by atoms with van der Waals surface area (Å²) in [7, 11) is 0. The van der Waals surface area contributed by atoms with Gasteiger partial charge in [0, 0.05) is 6.07 Å². The molecular formula is C7H5F3N2O2S. The number of nitro groups is 1. The Balaban J connectivity index is 3.25. The van der Waals surface area contributed by atoms with Gasteiger partial charge in [-0.05, 0) is 12.3 Å². The Labute approximate surface area is 86.7 Å². The summed E-state index contributed by atoms with van der Waals surface area (Å²) in [5.41, 5.74) is -1.55. The zero-order chi connectivity index (χ0) is 11.6. The number of thioether (sulfide) groups is 1. The Morgan fingerprint density at radius 2 is 2.07 bits per heavy atom. The van der Waals surface area contributed by atoms with E-state index in [9.17, 15) is 23.3 Å². The van der Waals surface area contributed by atoms with Crippen molar-refractivity contribution in [2.45, 2.75) is 11.2 Å². The molecular weight excluding hydrogens is 233 g/mol. The summed E-state index contributed by atoms with van der Waals surface area (Å²) in [6.07, 6.45) is -3.16. The number of pyridine rings is 1. The van der Waals surface area contributed by atoms with Crippen LogP contribution in [0.3, 0.4) is 0 Å². The zero-order valence-electron chi connectivity index (χ0n) is 7.41. The minimum absolute atomic E-state index is 0.241. The van der Waals surface area contributed by atoms with Crippen molar-refractivity contribution < 1.29 is 18.1 Å². The Kier molecular flexibility index (Phi) is 3.18. The van der Waals surface area contributed by atoms with E-state index in [1.807, 2.05) is 0 Å². The predicted molar refractivity (Wildman–Crippen MR) is 47.7 cm³/mol. The van der Waals surface area contributed by atoms with Crippen LogP contribution in [0.25, 0.3) is 0 Å². The summed E-state index contributed by atoms with van der Waals surface area (Å²) in [6.45, 7) is 0. The Morgan fingerprint density at radius 3 is 2.47 bits per heavy atom. The second-order valence-electron chi connectivity index (χ2n) is 2.48. The van der Waals surface area contributed by atoms with E-state index in [-0.39, 0.29) is 5.03 Å². The number of nitrogens with zero attached hydrogens (tertiary/aromatic N) is 2. The fourth-order valence-electron chi connectivity index (χ4n) is 0.880. The van der Waals surface area contributed by atoms with Gasteiger partial charge in [0.1, 0.15) is 5.69 Å². The number of halogens is 3. The number of alkyl halides is 3. The molecule has 0 saturated carbocycles. The van der Waals surface area contributed by atoms with E-state index in [2.05, 4.69) is 4.98 Å². The van der Waals surface area contributed by atoms with Crippen LogP contribution < -0.4 is 0 Å². The van der Waals surface area contributed by atoms with Crippen LogP contribution in [0.2, 0.25) is 0 Å². The molecule has 0 bridgehead atoms. The maximum atomic E-state index is 12.2. The molecule has 0 atom stereocenters.